The molecule has 8 heteroatoms. The maximum Gasteiger partial charge on any atom is 0.410 e. The Morgan fingerprint density at radius 2 is 2.17 bits per heavy atom. The Balaban J connectivity index is 1.58. The van der Waals surface area contributed by atoms with Gasteiger partial charge in [0.25, 0.3) is 5.69 Å². The van der Waals surface area contributed by atoms with E-state index in [-0.39, 0.29) is 29.7 Å². The second-order valence-electron chi connectivity index (χ2n) is 6.34. The lowest BCUT2D eigenvalue weighted by atomic mass is 9.97. The third-order valence-electron chi connectivity index (χ3n) is 4.71. The van der Waals surface area contributed by atoms with Crippen molar-refractivity contribution in [3.63, 3.8) is 0 Å². The fraction of sp³-hybridized carbons (Fsp3) is 0.562. The van der Waals surface area contributed by atoms with E-state index in [0.717, 1.165) is 31.5 Å². The summed E-state index contributed by atoms with van der Waals surface area (Å²) < 4.78 is 5.41. The SMILES string of the molecule is O=C(OCc1ccc([N+](=O)[O-])cc1)N1C[C@@H](S)C[C@H]1C1CCNC1. The zero-order chi connectivity index (χ0) is 17.1. The molecule has 3 atom stereocenters. The van der Waals surface area contributed by atoms with Gasteiger partial charge in [-0.2, -0.15) is 12.6 Å². The van der Waals surface area contributed by atoms with Gasteiger partial charge in [0.2, 0.25) is 0 Å². The Kier molecular flexibility index (Phi) is 5.25. The molecule has 2 fully saturated rings. The number of hydrogen-bond acceptors (Lipinski definition) is 6. The molecule has 1 aromatic carbocycles. The van der Waals surface area contributed by atoms with Crippen molar-refractivity contribution in [2.45, 2.75) is 30.7 Å². The number of nitrogens with one attached hydrogen (secondary N) is 1. The van der Waals surface area contributed by atoms with Crippen LogP contribution in [0.1, 0.15) is 18.4 Å². The van der Waals surface area contributed by atoms with Gasteiger partial charge in [-0.3, -0.25) is 10.1 Å². The first kappa shape index (κ1) is 17.0. The molecule has 1 N–H and O–H groups in total. The molecular formula is C16H21N3O4S. The monoisotopic (exact) mass is 351 g/mol. The standard InChI is InChI=1S/C16H21N3O4S/c20-16(23-10-11-1-3-13(4-2-11)19(21)22)18-9-14(24)7-15(18)12-5-6-17-8-12/h1-4,12,14-15,17,24H,5-10H2/t12?,14-,15-/m0/s1. The molecule has 24 heavy (non-hydrogen) atoms. The normalized spacial score (nSPS) is 26.5. The number of hydrogen-bond donors (Lipinski definition) is 2. The number of thiol groups is 1. The zero-order valence-electron chi connectivity index (χ0n) is 13.3. The molecule has 2 saturated heterocycles. The van der Waals surface area contributed by atoms with Crippen LogP contribution in [0.5, 0.6) is 0 Å². The van der Waals surface area contributed by atoms with Gasteiger partial charge in [0.1, 0.15) is 6.61 Å². The van der Waals surface area contributed by atoms with Crippen LogP contribution < -0.4 is 5.32 Å². The third-order valence-corrected chi connectivity index (χ3v) is 5.08. The van der Waals surface area contributed by atoms with E-state index < -0.39 is 4.92 Å². The molecule has 0 spiro atoms. The van der Waals surface area contributed by atoms with E-state index in [0.29, 0.717) is 12.5 Å². The van der Waals surface area contributed by atoms with Gasteiger partial charge in [-0.15, -0.1) is 0 Å². The predicted octanol–water partition coefficient (Wildman–Crippen LogP) is 2.21. The van der Waals surface area contributed by atoms with Crippen LogP contribution in [0.15, 0.2) is 24.3 Å². The van der Waals surface area contributed by atoms with Crippen molar-refractivity contribution in [2.75, 3.05) is 19.6 Å². The Labute approximate surface area is 145 Å². The zero-order valence-corrected chi connectivity index (χ0v) is 14.2. The van der Waals surface area contributed by atoms with E-state index in [1.165, 1.54) is 12.1 Å². The quantitative estimate of drug-likeness (QED) is 0.494. The highest BCUT2D eigenvalue weighted by Gasteiger charge is 2.40. The summed E-state index contributed by atoms with van der Waals surface area (Å²) in [5.41, 5.74) is 0.756. The summed E-state index contributed by atoms with van der Waals surface area (Å²) in [5.74, 6) is 0.453. The van der Waals surface area contributed by atoms with E-state index in [1.807, 2.05) is 0 Å². The van der Waals surface area contributed by atoms with Gasteiger partial charge in [-0.1, -0.05) is 0 Å². The largest absolute Gasteiger partial charge is 0.445 e. The van der Waals surface area contributed by atoms with Crippen LogP contribution in [0.4, 0.5) is 10.5 Å². The van der Waals surface area contributed by atoms with E-state index in [1.54, 1.807) is 17.0 Å². The minimum atomic E-state index is -0.451. The first-order valence-electron chi connectivity index (χ1n) is 8.10. The van der Waals surface area contributed by atoms with Gasteiger partial charge >= 0.3 is 6.09 Å². The molecule has 1 aromatic rings. The summed E-state index contributed by atoms with van der Waals surface area (Å²) in [7, 11) is 0. The average Bonchev–Trinajstić information content (AvgIpc) is 3.22. The molecule has 0 radical (unpaired) electrons. The van der Waals surface area contributed by atoms with Crippen molar-refractivity contribution in [1.82, 2.24) is 10.2 Å². The summed E-state index contributed by atoms with van der Waals surface area (Å²) in [6, 6.07) is 6.21. The molecule has 2 aliphatic rings. The number of ether oxygens (including phenoxy) is 1. The van der Waals surface area contributed by atoms with E-state index in [4.69, 9.17) is 4.74 Å². The average molecular weight is 351 g/mol. The topological polar surface area (TPSA) is 84.7 Å². The lowest BCUT2D eigenvalue weighted by Gasteiger charge is -2.28. The summed E-state index contributed by atoms with van der Waals surface area (Å²) in [4.78, 5) is 24.4. The van der Waals surface area contributed by atoms with Crippen molar-refractivity contribution in [3.8, 4) is 0 Å². The molecule has 2 heterocycles. The first-order chi connectivity index (χ1) is 11.5. The second kappa shape index (κ2) is 7.40. The van der Waals surface area contributed by atoms with Crippen molar-refractivity contribution >= 4 is 24.4 Å². The van der Waals surface area contributed by atoms with Gasteiger partial charge in [0.15, 0.2) is 0 Å². The van der Waals surface area contributed by atoms with E-state index in [2.05, 4.69) is 17.9 Å². The number of amides is 1. The lowest BCUT2D eigenvalue weighted by molar-refractivity contribution is -0.384. The summed E-state index contributed by atoms with van der Waals surface area (Å²) in [6.45, 7) is 2.63. The van der Waals surface area contributed by atoms with Crippen LogP contribution in [0.25, 0.3) is 0 Å². The molecular weight excluding hydrogens is 330 g/mol. The third kappa shape index (κ3) is 3.81. The highest BCUT2D eigenvalue weighted by atomic mass is 32.1. The predicted molar refractivity (Wildman–Crippen MR) is 92.1 cm³/mol. The molecule has 1 unspecified atom stereocenters. The van der Waals surface area contributed by atoms with Crippen molar-refractivity contribution in [2.24, 2.45) is 5.92 Å². The lowest BCUT2D eigenvalue weighted by Crippen LogP contribution is -2.41. The maximum absolute atomic E-state index is 12.4. The molecule has 1 amide bonds. The minimum absolute atomic E-state index is 0.0244. The number of nitrogens with zero attached hydrogens (tertiary/aromatic N) is 2. The smallest absolute Gasteiger partial charge is 0.410 e. The number of non-ortho nitro benzene ring substituents is 1. The van der Waals surface area contributed by atoms with Gasteiger partial charge in [-0.05, 0) is 49.5 Å². The highest BCUT2D eigenvalue weighted by Crippen LogP contribution is 2.31. The summed E-state index contributed by atoms with van der Waals surface area (Å²) >= 11 is 4.53. The molecule has 0 saturated carbocycles. The molecule has 0 aliphatic carbocycles. The number of nitro benzene ring substituents is 1. The van der Waals surface area contributed by atoms with Crippen LogP contribution in [0.3, 0.4) is 0 Å². The van der Waals surface area contributed by atoms with Crippen molar-refractivity contribution < 1.29 is 14.5 Å². The number of carbonyl (C=O) groups excluding carboxylic acids is 1. The van der Waals surface area contributed by atoms with Crippen molar-refractivity contribution in [1.29, 1.82) is 0 Å². The highest BCUT2D eigenvalue weighted by molar-refractivity contribution is 7.81. The Morgan fingerprint density at radius 3 is 2.79 bits per heavy atom. The first-order valence-corrected chi connectivity index (χ1v) is 8.61. The maximum atomic E-state index is 12.4. The van der Waals surface area contributed by atoms with E-state index in [9.17, 15) is 14.9 Å². The van der Waals surface area contributed by atoms with E-state index >= 15 is 0 Å². The fourth-order valence-corrected chi connectivity index (χ4v) is 3.84. The van der Waals surface area contributed by atoms with Crippen LogP contribution in [0.2, 0.25) is 0 Å². The molecule has 130 valence electrons. The molecule has 2 aliphatic heterocycles. The van der Waals surface area contributed by atoms with Gasteiger partial charge in [-0.25, -0.2) is 4.79 Å². The van der Waals surface area contributed by atoms with Gasteiger partial charge in [0.05, 0.1) is 4.92 Å². The van der Waals surface area contributed by atoms with Crippen LogP contribution in [0, 0.1) is 16.0 Å². The van der Waals surface area contributed by atoms with Crippen LogP contribution >= 0.6 is 12.6 Å². The van der Waals surface area contributed by atoms with Crippen LogP contribution in [-0.2, 0) is 11.3 Å². The Hall–Kier alpha value is -1.80. The summed E-state index contributed by atoms with van der Waals surface area (Å²) in [6.07, 6.45) is 1.63. The number of nitro groups is 1. The number of benzene rings is 1. The van der Waals surface area contributed by atoms with Crippen LogP contribution in [-0.4, -0.2) is 46.8 Å². The fourth-order valence-electron chi connectivity index (χ4n) is 3.45. The molecule has 0 aromatic heterocycles. The molecule has 0 bridgehead atoms. The molecule has 3 rings (SSSR count). The minimum Gasteiger partial charge on any atom is -0.445 e. The Morgan fingerprint density at radius 1 is 1.42 bits per heavy atom. The number of rotatable bonds is 4. The van der Waals surface area contributed by atoms with Gasteiger partial charge in [0, 0.05) is 30.0 Å². The number of carbonyl (C=O) groups is 1. The molecule has 7 nitrogen and oxygen atoms in total. The summed E-state index contributed by atoms with van der Waals surface area (Å²) in [5, 5.41) is 14.2. The second-order valence-corrected chi connectivity index (χ2v) is 7.07. The number of likely N-dealkylation sites (tertiary alicyclic amines) is 1. The van der Waals surface area contributed by atoms with Crippen molar-refractivity contribution in [3.05, 3.63) is 39.9 Å². The van der Waals surface area contributed by atoms with Gasteiger partial charge < -0.3 is 15.0 Å². The Bertz CT molecular complexity index is 604.